The molecule has 0 unspecified atom stereocenters. The lowest BCUT2D eigenvalue weighted by molar-refractivity contribution is 0.331. The van der Waals surface area contributed by atoms with E-state index in [1.54, 1.807) is 0 Å². The van der Waals surface area contributed by atoms with E-state index in [1.807, 2.05) is 12.3 Å². The Morgan fingerprint density at radius 2 is 1.87 bits per heavy atom. The van der Waals surface area contributed by atoms with Crippen LogP contribution in [0.5, 0.6) is 0 Å². The van der Waals surface area contributed by atoms with Crippen LogP contribution in [0, 0.1) is 0 Å². The molecule has 3 nitrogen and oxygen atoms in total. The second-order valence-corrected chi connectivity index (χ2v) is 6.54. The van der Waals surface area contributed by atoms with E-state index in [9.17, 15) is 0 Å². The first kappa shape index (κ1) is 15.8. The van der Waals surface area contributed by atoms with Gasteiger partial charge in [0.05, 0.1) is 0 Å². The third-order valence-electron chi connectivity index (χ3n) is 4.34. The molecule has 0 bridgehead atoms. The van der Waals surface area contributed by atoms with Crippen LogP contribution < -0.4 is 0 Å². The first-order chi connectivity index (χ1) is 11.1. The van der Waals surface area contributed by atoms with Crippen LogP contribution in [0.15, 0.2) is 48.7 Å². The molecule has 0 saturated carbocycles. The van der Waals surface area contributed by atoms with Gasteiger partial charge >= 0.3 is 0 Å². The Hall–Kier alpha value is -2.13. The van der Waals surface area contributed by atoms with Crippen molar-refractivity contribution < 1.29 is 0 Å². The van der Waals surface area contributed by atoms with Crippen molar-refractivity contribution in [3.63, 3.8) is 0 Å². The van der Waals surface area contributed by atoms with Crippen molar-refractivity contribution in [3.8, 4) is 0 Å². The van der Waals surface area contributed by atoms with E-state index < -0.39 is 0 Å². The highest BCUT2D eigenvalue weighted by Gasteiger charge is 2.16. The summed E-state index contributed by atoms with van der Waals surface area (Å²) in [6.45, 7) is 6.47. The molecule has 3 rings (SSSR count). The number of rotatable bonds is 6. The minimum Gasteiger partial charge on any atom is -0.343 e. The predicted molar refractivity (Wildman–Crippen MR) is 96.7 cm³/mol. The lowest BCUT2D eigenvalue weighted by Crippen LogP contribution is -2.21. The third-order valence-corrected chi connectivity index (χ3v) is 4.34. The van der Waals surface area contributed by atoms with Crippen molar-refractivity contribution in [1.29, 1.82) is 0 Å². The van der Waals surface area contributed by atoms with Gasteiger partial charge in [-0.05, 0) is 42.6 Å². The third kappa shape index (κ3) is 3.62. The highest BCUT2D eigenvalue weighted by atomic mass is 15.1. The van der Waals surface area contributed by atoms with E-state index in [1.165, 1.54) is 22.2 Å². The number of aromatic nitrogens is 2. The maximum atomic E-state index is 4.47. The van der Waals surface area contributed by atoms with E-state index in [0.717, 1.165) is 25.2 Å². The summed E-state index contributed by atoms with van der Waals surface area (Å²) in [4.78, 5) is 10.4. The van der Waals surface area contributed by atoms with Gasteiger partial charge < -0.3 is 9.88 Å². The average Bonchev–Trinajstić information content (AvgIpc) is 2.93. The van der Waals surface area contributed by atoms with E-state index in [-0.39, 0.29) is 0 Å². The summed E-state index contributed by atoms with van der Waals surface area (Å²) in [5, 5.41) is 1.25. The fourth-order valence-corrected chi connectivity index (χ4v) is 3.07. The van der Waals surface area contributed by atoms with Gasteiger partial charge in [-0.15, -0.1) is 0 Å². The van der Waals surface area contributed by atoms with Gasteiger partial charge in [0.25, 0.3) is 0 Å². The van der Waals surface area contributed by atoms with Crippen LogP contribution in [0.1, 0.15) is 36.6 Å². The lowest BCUT2D eigenvalue weighted by Gasteiger charge is -2.18. The molecule has 2 aromatic heterocycles. The molecule has 0 radical (unpaired) electrons. The maximum Gasteiger partial charge on any atom is 0.137 e. The van der Waals surface area contributed by atoms with Gasteiger partial charge in [0, 0.05) is 30.4 Å². The summed E-state index contributed by atoms with van der Waals surface area (Å²) in [5.74, 6) is 0.474. The fourth-order valence-electron chi connectivity index (χ4n) is 3.07. The van der Waals surface area contributed by atoms with Gasteiger partial charge in [0.2, 0.25) is 0 Å². The fraction of sp³-hybridized carbons (Fsp3) is 0.350. The number of likely N-dealkylation sites (N-methyl/N-ethyl adjacent to an activating group) is 1. The lowest BCUT2D eigenvalue weighted by atomic mass is 10.0. The predicted octanol–water partition coefficient (Wildman–Crippen LogP) is 4.36. The molecular weight excluding hydrogens is 282 g/mol. The van der Waals surface area contributed by atoms with Crippen molar-refractivity contribution in [2.24, 2.45) is 0 Å². The molecule has 3 heteroatoms. The first-order valence-electron chi connectivity index (χ1n) is 8.33. The van der Waals surface area contributed by atoms with Crippen LogP contribution in [0.25, 0.3) is 11.0 Å². The van der Waals surface area contributed by atoms with Gasteiger partial charge in [-0.1, -0.05) is 44.2 Å². The molecule has 1 N–H and O–H groups in total. The monoisotopic (exact) mass is 307 g/mol. The SMILES string of the molecule is CC(C)c1[nH]c2ncccc2c1CN(C)CCc1ccccc1. The summed E-state index contributed by atoms with van der Waals surface area (Å²) >= 11 is 0. The second kappa shape index (κ2) is 6.97. The minimum absolute atomic E-state index is 0.474. The normalized spacial score (nSPS) is 11.7. The molecule has 23 heavy (non-hydrogen) atoms. The topological polar surface area (TPSA) is 31.9 Å². The molecule has 2 heterocycles. The summed E-state index contributed by atoms with van der Waals surface area (Å²) in [6.07, 6.45) is 2.93. The quantitative estimate of drug-likeness (QED) is 0.733. The Morgan fingerprint density at radius 1 is 1.09 bits per heavy atom. The van der Waals surface area contributed by atoms with Gasteiger partial charge in [0.15, 0.2) is 0 Å². The Morgan fingerprint density at radius 3 is 2.61 bits per heavy atom. The van der Waals surface area contributed by atoms with Crippen LogP contribution in [-0.4, -0.2) is 28.5 Å². The zero-order chi connectivity index (χ0) is 16.2. The maximum absolute atomic E-state index is 4.47. The van der Waals surface area contributed by atoms with Crippen LogP contribution in [0.4, 0.5) is 0 Å². The largest absolute Gasteiger partial charge is 0.343 e. The Labute approximate surface area is 138 Å². The van der Waals surface area contributed by atoms with E-state index in [4.69, 9.17) is 0 Å². The number of nitrogens with zero attached hydrogens (tertiary/aromatic N) is 2. The molecule has 0 aliphatic carbocycles. The molecule has 1 aromatic carbocycles. The number of H-pyrrole nitrogens is 1. The highest BCUT2D eigenvalue weighted by Crippen LogP contribution is 2.27. The molecule has 3 aromatic rings. The number of hydrogen-bond donors (Lipinski definition) is 1. The number of benzene rings is 1. The van der Waals surface area contributed by atoms with Crippen LogP contribution in [0.3, 0.4) is 0 Å². The Bertz CT molecular complexity index is 759. The van der Waals surface area contributed by atoms with Gasteiger partial charge in [0.1, 0.15) is 5.65 Å². The van der Waals surface area contributed by atoms with Crippen LogP contribution in [0.2, 0.25) is 0 Å². The van der Waals surface area contributed by atoms with Gasteiger partial charge in [-0.3, -0.25) is 0 Å². The smallest absolute Gasteiger partial charge is 0.137 e. The molecule has 120 valence electrons. The summed E-state index contributed by atoms with van der Waals surface area (Å²) in [7, 11) is 2.20. The number of nitrogens with one attached hydrogen (secondary N) is 1. The van der Waals surface area contributed by atoms with E-state index >= 15 is 0 Å². The van der Waals surface area contributed by atoms with Crippen LogP contribution >= 0.6 is 0 Å². The molecule has 0 amide bonds. The first-order valence-corrected chi connectivity index (χ1v) is 8.33. The van der Waals surface area contributed by atoms with Gasteiger partial charge in [-0.2, -0.15) is 0 Å². The zero-order valence-corrected chi connectivity index (χ0v) is 14.2. The molecule has 0 fully saturated rings. The molecule has 0 aliphatic heterocycles. The summed E-state index contributed by atoms with van der Waals surface area (Å²) in [6, 6.07) is 14.9. The number of aromatic amines is 1. The highest BCUT2D eigenvalue weighted by molar-refractivity contribution is 5.81. The van der Waals surface area contributed by atoms with Crippen molar-refractivity contribution in [1.82, 2.24) is 14.9 Å². The molecule has 0 aliphatic rings. The standard InChI is InChI=1S/C20H25N3/c1-15(2)19-18(17-10-7-12-21-20(17)22-19)14-23(3)13-11-16-8-5-4-6-9-16/h4-10,12,15H,11,13-14H2,1-3H3,(H,21,22). The van der Waals surface area contributed by atoms with Crippen molar-refractivity contribution in [3.05, 3.63) is 65.5 Å². The Balaban J connectivity index is 1.76. The van der Waals surface area contributed by atoms with Crippen molar-refractivity contribution in [2.75, 3.05) is 13.6 Å². The van der Waals surface area contributed by atoms with E-state index in [0.29, 0.717) is 5.92 Å². The Kier molecular flexibility index (Phi) is 4.77. The summed E-state index contributed by atoms with van der Waals surface area (Å²) in [5.41, 5.74) is 5.09. The molecular formula is C20H25N3. The molecule has 0 atom stereocenters. The number of fused-ring (bicyclic) bond motifs is 1. The minimum atomic E-state index is 0.474. The summed E-state index contributed by atoms with van der Waals surface area (Å²) < 4.78 is 0. The molecule has 0 saturated heterocycles. The van der Waals surface area contributed by atoms with Crippen molar-refractivity contribution in [2.45, 2.75) is 32.7 Å². The van der Waals surface area contributed by atoms with Gasteiger partial charge in [-0.25, -0.2) is 4.98 Å². The number of pyridine rings is 1. The molecule has 0 spiro atoms. The van der Waals surface area contributed by atoms with E-state index in [2.05, 4.69) is 72.2 Å². The second-order valence-electron chi connectivity index (χ2n) is 6.54. The number of hydrogen-bond acceptors (Lipinski definition) is 2. The van der Waals surface area contributed by atoms with Crippen LogP contribution in [-0.2, 0) is 13.0 Å². The zero-order valence-electron chi connectivity index (χ0n) is 14.2. The van der Waals surface area contributed by atoms with Crippen molar-refractivity contribution >= 4 is 11.0 Å². The average molecular weight is 307 g/mol.